The summed E-state index contributed by atoms with van der Waals surface area (Å²) in [4.78, 5) is 32.6. The first-order valence-electron chi connectivity index (χ1n) is 11.1. The van der Waals surface area contributed by atoms with Crippen molar-refractivity contribution in [3.63, 3.8) is 0 Å². The molecule has 2 N–H and O–H groups in total. The molecule has 3 aromatic rings. The van der Waals surface area contributed by atoms with E-state index in [1.807, 2.05) is 30.3 Å². The zero-order valence-electron chi connectivity index (χ0n) is 19.3. The van der Waals surface area contributed by atoms with Gasteiger partial charge in [0.15, 0.2) is 5.13 Å². The van der Waals surface area contributed by atoms with Crippen LogP contribution in [0.25, 0.3) is 11.3 Å². The smallest absolute Gasteiger partial charge is 0.261 e. The molecule has 6 nitrogen and oxygen atoms in total. The van der Waals surface area contributed by atoms with Crippen LogP contribution in [-0.4, -0.2) is 46.2 Å². The van der Waals surface area contributed by atoms with Crippen LogP contribution < -0.4 is 10.6 Å². The fraction of sp³-hybridized carbons (Fsp3) is 0.320. The minimum absolute atomic E-state index is 0.183. The van der Waals surface area contributed by atoms with Crippen molar-refractivity contribution in [3.8, 4) is 11.3 Å². The average molecular weight is 503 g/mol. The number of amides is 2. The Labute approximate surface area is 205 Å². The normalized spacial score (nSPS) is 15.7. The molecule has 10 heteroatoms. The molecule has 35 heavy (non-hydrogen) atoms. The third kappa shape index (κ3) is 6.07. The van der Waals surface area contributed by atoms with E-state index >= 15 is 0 Å². The van der Waals surface area contributed by atoms with Crippen molar-refractivity contribution in [2.75, 3.05) is 18.4 Å². The fourth-order valence-electron chi connectivity index (χ4n) is 3.75. The van der Waals surface area contributed by atoms with Crippen LogP contribution >= 0.6 is 11.3 Å². The predicted molar refractivity (Wildman–Crippen MR) is 129 cm³/mol. The van der Waals surface area contributed by atoms with E-state index in [1.54, 1.807) is 18.7 Å². The summed E-state index contributed by atoms with van der Waals surface area (Å²) in [6.07, 6.45) is -0.183. The molecule has 0 spiro atoms. The molecule has 0 atom stereocenters. The van der Waals surface area contributed by atoms with Gasteiger partial charge < -0.3 is 5.32 Å². The number of alkyl halides is 2. The molecule has 1 aliphatic rings. The van der Waals surface area contributed by atoms with Gasteiger partial charge in [0.2, 0.25) is 0 Å². The van der Waals surface area contributed by atoms with E-state index in [1.165, 1.54) is 35.6 Å². The Morgan fingerprint density at radius 3 is 2.43 bits per heavy atom. The molecule has 0 aliphatic carbocycles. The number of hydrogen-bond donors (Lipinski definition) is 2. The maximum Gasteiger partial charge on any atom is 0.261 e. The van der Waals surface area contributed by atoms with Gasteiger partial charge in [0.1, 0.15) is 11.4 Å². The van der Waals surface area contributed by atoms with Crippen molar-refractivity contribution in [3.05, 3.63) is 70.9 Å². The molecule has 2 heterocycles. The van der Waals surface area contributed by atoms with E-state index < -0.39 is 29.1 Å². The molecule has 0 radical (unpaired) electrons. The van der Waals surface area contributed by atoms with Crippen LogP contribution in [0.15, 0.2) is 54.6 Å². The van der Waals surface area contributed by atoms with Crippen molar-refractivity contribution in [1.29, 1.82) is 0 Å². The molecule has 1 aromatic heterocycles. The summed E-state index contributed by atoms with van der Waals surface area (Å²) in [7, 11) is 0. The second kappa shape index (κ2) is 9.79. The lowest BCUT2D eigenvalue weighted by molar-refractivity contribution is -0.120. The summed E-state index contributed by atoms with van der Waals surface area (Å²) in [6.45, 7) is 3.34. The molecule has 0 bridgehead atoms. The second-order valence-electron chi connectivity index (χ2n) is 9.01. The molecule has 4 rings (SSSR count). The Morgan fingerprint density at radius 1 is 1.11 bits per heavy atom. The van der Waals surface area contributed by atoms with Crippen LogP contribution in [0.3, 0.4) is 0 Å². The van der Waals surface area contributed by atoms with E-state index in [0.717, 1.165) is 10.4 Å². The van der Waals surface area contributed by atoms with Gasteiger partial charge in [-0.1, -0.05) is 41.7 Å². The summed E-state index contributed by atoms with van der Waals surface area (Å²) < 4.78 is 40.6. The number of carbonyl (C=O) groups excluding carboxylic acids is 2. The van der Waals surface area contributed by atoms with Crippen LogP contribution in [0.1, 0.15) is 35.5 Å². The number of nitrogens with zero attached hydrogens (tertiary/aromatic N) is 2. The monoisotopic (exact) mass is 502 g/mol. The lowest BCUT2D eigenvalue weighted by Crippen LogP contribution is -2.52. The van der Waals surface area contributed by atoms with Crippen LogP contribution in [0.5, 0.6) is 0 Å². The molecule has 0 unspecified atom stereocenters. The third-order valence-corrected chi connectivity index (χ3v) is 6.64. The highest BCUT2D eigenvalue weighted by molar-refractivity contribution is 7.16. The number of thiazole rings is 1. The summed E-state index contributed by atoms with van der Waals surface area (Å²) in [5.74, 6) is -4.20. The van der Waals surface area contributed by atoms with Crippen molar-refractivity contribution in [2.45, 2.75) is 38.3 Å². The van der Waals surface area contributed by atoms with Crippen LogP contribution in [0.2, 0.25) is 0 Å². The lowest BCUT2D eigenvalue weighted by Gasteiger charge is -2.24. The van der Waals surface area contributed by atoms with Crippen molar-refractivity contribution >= 4 is 28.3 Å². The highest BCUT2D eigenvalue weighted by Crippen LogP contribution is 2.35. The van der Waals surface area contributed by atoms with Crippen LogP contribution in [0, 0.1) is 5.82 Å². The third-order valence-electron chi connectivity index (χ3n) is 5.68. The van der Waals surface area contributed by atoms with Gasteiger partial charge in [-0.2, -0.15) is 0 Å². The lowest BCUT2D eigenvalue weighted by atomic mass is 10.0. The van der Waals surface area contributed by atoms with Gasteiger partial charge in [-0.25, -0.2) is 18.2 Å². The molecule has 1 fully saturated rings. The summed E-state index contributed by atoms with van der Waals surface area (Å²) in [5.41, 5.74) is 0.349. The zero-order chi connectivity index (χ0) is 25.2. The number of hydrogen-bond acceptors (Lipinski definition) is 5. The van der Waals surface area contributed by atoms with Gasteiger partial charge in [-0.05, 0) is 38.1 Å². The first kappa shape index (κ1) is 24.9. The molecule has 184 valence electrons. The molecule has 1 aliphatic heterocycles. The number of aromatic nitrogens is 1. The maximum absolute atomic E-state index is 13.7. The first-order chi connectivity index (χ1) is 16.5. The summed E-state index contributed by atoms with van der Waals surface area (Å²) in [5, 5.41) is 5.70. The predicted octanol–water partition coefficient (Wildman–Crippen LogP) is 4.94. The Bertz CT molecular complexity index is 1210. The topological polar surface area (TPSA) is 74.3 Å². The highest BCUT2D eigenvalue weighted by Gasteiger charge is 2.38. The van der Waals surface area contributed by atoms with Gasteiger partial charge in [0, 0.05) is 35.5 Å². The van der Waals surface area contributed by atoms with Crippen molar-refractivity contribution in [1.82, 2.24) is 15.2 Å². The average Bonchev–Trinajstić information content (AvgIpc) is 3.36. The molecule has 0 saturated carbocycles. The fourth-order valence-corrected chi connectivity index (χ4v) is 4.77. The number of rotatable bonds is 7. The van der Waals surface area contributed by atoms with Gasteiger partial charge in [-0.3, -0.25) is 19.8 Å². The molecular formula is C25H25F3N4O2S. The second-order valence-corrected chi connectivity index (χ2v) is 10.1. The number of anilines is 1. The van der Waals surface area contributed by atoms with E-state index in [9.17, 15) is 22.8 Å². The van der Waals surface area contributed by atoms with E-state index in [2.05, 4.69) is 15.6 Å². The number of benzene rings is 2. The summed E-state index contributed by atoms with van der Waals surface area (Å²) >= 11 is 1.22. The number of halogens is 3. The van der Waals surface area contributed by atoms with Gasteiger partial charge in [0.05, 0.1) is 12.2 Å². The van der Waals surface area contributed by atoms with Crippen LogP contribution in [0.4, 0.5) is 18.3 Å². The number of nitrogens with one attached hydrogen (secondary N) is 2. The van der Waals surface area contributed by atoms with Crippen molar-refractivity contribution < 1.29 is 22.8 Å². The number of carbonyl (C=O) groups is 2. The van der Waals surface area contributed by atoms with Gasteiger partial charge in [0.25, 0.3) is 17.7 Å². The first-order valence-corrected chi connectivity index (χ1v) is 11.9. The van der Waals surface area contributed by atoms with Crippen molar-refractivity contribution in [2.24, 2.45) is 0 Å². The van der Waals surface area contributed by atoms with Gasteiger partial charge >= 0.3 is 0 Å². The Balaban J connectivity index is 1.51. The molecule has 2 aromatic carbocycles. The Kier molecular flexibility index (Phi) is 6.95. The molecular weight excluding hydrogens is 477 g/mol. The largest absolute Gasteiger partial charge is 0.338 e. The highest BCUT2D eigenvalue weighted by atomic mass is 32.1. The quantitative estimate of drug-likeness (QED) is 0.480. The Morgan fingerprint density at radius 2 is 1.80 bits per heavy atom. The van der Waals surface area contributed by atoms with E-state index in [0.29, 0.717) is 10.8 Å². The summed E-state index contributed by atoms with van der Waals surface area (Å²) in [6, 6.07) is 14.3. The SMILES string of the molecule is CC(C)(NC(=O)c1ccc(F)cc1)C(=O)Nc1nc(-c2ccccc2)c(CN2CCC(F)(F)C2)s1. The maximum atomic E-state index is 13.7. The molecule has 2 amide bonds. The minimum atomic E-state index is -2.71. The Hall–Kier alpha value is -3.24. The standard InChI is InChI=1S/C25H25F3N4O2S/c1-24(2,31-21(33)17-8-10-18(26)11-9-17)22(34)30-23-29-20(16-6-4-3-5-7-16)19(35-23)14-32-13-12-25(27,28)15-32/h3-11H,12-15H2,1-2H3,(H,31,33)(H,29,30,34). The van der Waals surface area contributed by atoms with E-state index in [-0.39, 0.29) is 31.6 Å². The van der Waals surface area contributed by atoms with E-state index in [4.69, 9.17) is 0 Å². The number of likely N-dealkylation sites (tertiary alicyclic amines) is 1. The van der Waals surface area contributed by atoms with Gasteiger partial charge in [-0.15, -0.1) is 0 Å². The zero-order valence-corrected chi connectivity index (χ0v) is 20.1. The minimum Gasteiger partial charge on any atom is -0.338 e. The molecule has 1 saturated heterocycles. The van der Waals surface area contributed by atoms with Crippen LogP contribution in [-0.2, 0) is 11.3 Å².